The molecule has 3 aromatic rings. The highest BCUT2D eigenvalue weighted by molar-refractivity contribution is 6.02. The standard InChI is InChI=1S/C23H20F3NO3/c1-15-12-20(16(2)27(15)14-23(24,25)26)21(28)13-30-22(29)19-11-7-6-10-18(19)17-8-4-3-5-9-17/h3-12H,13-14H2,1-2H3. The fourth-order valence-electron chi connectivity index (χ4n) is 3.32. The van der Waals surface area contributed by atoms with Gasteiger partial charge in [0.15, 0.2) is 6.61 Å². The number of hydrogen-bond acceptors (Lipinski definition) is 3. The molecule has 0 N–H and O–H groups in total. The number of aromatic nitrogens is 1. The Balaban J connectivity index is 1.75. The van der Waals surface area contributed by atoms with Crippen molar-refractivity contribution in [3.63, 3.8) is 0 Å². The van der Waals surface area contributed by atoms with Gasteiger partial charge in [-0.05, 0) is 37.1 Å². The predicted molar refractivity (Wildman–Crippen MR) is 106 cm³/mol. The number of aryl methyl sites for hydroxylation is 1. The number of esters is 1. The third-order valence-electron chi connectivity index (χ3n) is 4.78. The Morgan fingerprint density at radius 3 is 2.23 bits per heavy atom. The van der Waals surface area contributed by atoms with Crippen LogP contribution < -0.4 is 0 Å². The summed E-state index contributed by atoms with van der Waals surface area (Å²) < 4.78 is 44.5. The van der Waals surface area contributed by atoms with Gasteiger partial charge in [-0.1, -0.05) is 48.5 Å². The number of hydrogen-bond donors (Lipinski definition) is 0. The number of alkyl halides is 3. The molecule has 0 radical (unpaired) electrons. The van der Waals surface area contributed by atoms with Crippen LogP contribution in [0, 0.1) is 13.8 Å². The minimum atomic E-state index is -4.40. The van der Waals surface area contributed by atoms with E-state index in [0.29, 0.717) is 16.8 Å². The molecular weight excluding hydrogens is 395 g/mol. The number of benzene rings is 2. The summed E-state index contributed by atoms with van der Waals surface area (Å²) in [6.45, 7) is 1.20. The van der Waals surface area contributed by atoms with Crippen molar-refractivity contribution >= 4 is 11.8 Å². The second-order valence-corrected chi connectivity index (χ2v) is 6.90. The second-order valence-electron chi connectivity index (χ2n) is 6.90. The van der Waals surface area contributed by atoms with Crippen LogP contribution >= 0.6 is 0 Å². The molecule has 3 rings (SSSR count). The minimum absolute atomic E-state index is 0.112. The van der Waals surface area contributed by atoms with E-state index < -0.39 is 31.1 Å². The van der Waals surface area contributed by atoms with Gasteiger partial charge in [-0.3, -0.25) is 4.79 Å². The first-order chi connectivity index (χ1) is 14.2. The van der Waals surface area contributed by atoms with Crippen LogP contribution in [0.5, 0.6) is 0 Å². The van der Waals surface area contributed by atoms with Crippen molar-refractivity contribution in [3.05, 3.63) is 83.2 Å². The van der Waals surface area contributed by atoms with Crippen LogP contribution in [0.2, 0.25) is 0 Å². The van der Waals surface area contributed by atoms with E-state index >= 15 is 0 Å². The maximum atomic E-state index is 12.8. The highest BCUT2D eigenvalue weighted by atomic mass is 19.4. The monoisotopic (exact) mass is 415 g/mol. The van der Waals surface area contributed by atoms with Gasteiger partial charge < -0.3 is 9.30 Å². The van der Waals surface area contributed by atoms with Gasteiger partial charge in [0.1, 0.15) is 6.54 Å². The number of nitrogens with zero attached hydrogens (tertiary/aromatic N) is 1. The zero-order chi connectivity index (χ0) is 21.9. The molecule has 0 atom stereocenters. The molecule has 0 bridgehead atoms. The summed E-state index contributed by atoms with van der Waals surface area (Å²) in [6.07, 6.45) is -4.40. The summed E-state index contributed by atoms with van der Waals surface area (Å²) in [5.74, 6) is -1.23. The molecule has 30 heavy (non-hydrogen) atoms. The molecule has 1 aromatic heterocycles. The van der Waals surface area contributed by atoms with Crippen LogP contribution in [0.3, 0.4) is 0 Å². The molecule has 156 valence electrons. The van der Waals surface area contributed by atoms with Crippen molar-refractivity contribution in [1.82, 2.24) is 4.57 Å². The average Bonchev–Trinajstić information content (AvgIpc) is 2.99. The smallest absolute Gasteiger partial charge is 0.406 e. The topological polar surface area (TPSA) is 48.3 Å². The first-order valence-electron chi connectivity index (χ1n) is 9.25. The van der Waals surface area contributed by atoms with Crippen LogP contribution in [0.15, 0.2) is 60.7 Å². The Kier molecular flexibility index (Phi) is 6.10. The van der Waals surface area contributed by atoms with Gasteiger partial charge in [-0.15, -0.1) is 0 Å². The fraction of sp³-hybridized carbons (Fsp3) is 0.217. The van der Waals surface area contributed by atoms with Crippen LogP contribution in [-0.2, 0) is 11.3 Å². The number of ketones is 1. The Hall–Kier alpha value is -3.35. The summed E-state index contributed by atoms with van der Waals surface area (Å²) in [7, 11) is 0. The number of carbonyl (C=O) groups excluding carboxylic acids is 2. The van der Waals surface area contributed by atoms with Crippen LogP contribution in [0.25, 0.3) is 11.1 Å². The third kappa shape index (κ3) is 4.79. The first kappa shape index (κ1) is 21.4. The highest BCUT2D eigenvalue weighted by Gasteiger charge is 2.30. The van der Waals surface area contributed by atoms with E-state index in [4.69, 9.17) is 4.74 Å². The summed E-state index contributed by atoms with van der Waals surface area (Å²) >= 11 is 0. The maximum Gasteiger partial charge on any atom is 0.406 e. The van der Waals surface area contributed by atoms with Crippen molar-refractivity contribution in [1.29, 1.82) is 0 Å². The minimum Gasteiger partial charge on any atom is -0.454 e. The van der Waals surface area contributed by atoms with Gasteiger partial charge in [0.2, 0.25) is 5.78 Å². The molecule has 7 heteroatoms. The molecule has 0 aliphatic carbocycles. The van der Waals surface area contributed by atoms with Gasteiger partial charge in [0.05, 0.1) is 5.56 Å². The number of halogens is 3. The molecule has 0 unspecified atom stereocenters. The summed E-state index contributed by atoms with van der Waals surface area (Å²) in [5.41, 5.74) is 2.41. The molecule has 0 saturated heterocycles. The molecule has 4 nitrogen and oxygen atoms in total. The Bertz CT molecular complexity index is 1070. The molecule has 0 aliphatic heterocycles. The number of ether oxygens (including phenoxy) is 1. The van der Waals surface area contributed by atoms with Crippen molar-refractivity contribution in [2.45, 2.75) is 26.6 Å². The Morgan fingerprint density at radius 2 is 1.57 bits per heavy atom. The van der Waals surface area contributed by atoms with Gasteiger partial charge in [-0.2, -0.15) is 13.2 Å². The van der Waals surface area contributed by atoms with E-state index in [1.807, 2.05) is 30.3 Å². The second kappa shape index (κ2) is 8.57. The normalized spacial score (nSPS) is 11.4. The van der Waals surface area contributed by atoms with Crippen molar-refractivity contribution in [3.8, 4) is 11.1 Å². The molecule has 0 amide bonds. The quantitative estimate of drug-likeness (QED) is 0.402. The van der Waals surface area contributed by atoms with E-state index in [1.54, 1.807) is 24.3 Å². The summed E-state index contributed by atoms with van der Waals surface area (Å²) in [5, 5.41) is 0. The molecule has 0 saturated carbocycles. The Morgan fingerprint density at radius 1 is 0.933 bits per heavy atom. The van der Waals surface area contributed by atoms with Gasteiger partial charge in [0.25, 0.3) is 0 Å². The van der Waals surface area contributed by atoms with E-state index in [1.165, 1.54) is 19.9 Å². The molecule has 0 spiro atoms. The van der Waals surface area contributed by atoms with Crippen LogP contribution in [0.1, 0.15) is 32.1 Å². The average molecular weight is 415 g/mol. The number of rotatable bonds is 6. The number of carbonyl (C=O) groups is 2. The summed E-state index contributed by atoms with van der Waals surface area (Å²) in [4.78, 5) is 25.1. The molecule has 1 heterocycles. The molecular formula is C23H20F3NO3. The fourth-order valence-corrected chi connectivity index (χ4v) is 3.32. The van der Waals surface area contributed by atoms with E-state index in [-0.39, 0.29) is 11.3 Å². The van der Waals surface area contributed by atoms with Gasteiger partial charge in [-0.25, -0.2) is 4.79 Å². The van der Waals surface area contributed by atoms with E-state index in [2.05, 4.69) is 0 Å². The van der Waals surface area contributed by atoms with Crippen LogP contribution in [0.4, 0.5) is 13.2 Å². The molecule has 2 aromatic carbocycles. The SMILES string of the molecule is Cc1cc(C(=O)COC(=O)c2ccccc2-c2ccccc2)c(C)n1CC(F)(F)F. The van der Waals surface area contributed by atoms with Crippen molar-refractivity contribution in [2.75, 3.05) is 6.61 Å². The first-order valence-corrected chi connectivity index (χ1v) is 9.25. The molecule has 0 fully saturated rings. The maximum absolute atomic E-state index is 12.8. The van der Waals surface area contributed by atoms with E-state index in [9.17, 15) is 22.8 Å². The Labute approximate surface area is 171 Å². The summed E-state index contributed by atoms with van der Waals surface area (Å²) in [6, 6.07) is 17.5. The zero-order valence-corrected chi connectivity index (χ0v) is 16.5. The van der Waals surface area contributed by atoms with Crippen LogP contribution in [-0.4, -0.2) is 29.1 Å². The lowest BCUT2D eigenvalue weighted by atomic mass is 10.00. The largest absolute Gasteiger partial charge is 0.454 e. The lowest BCUT2D eigenvalue weighted by Crippen LogP contribution is -2.20. The number of Topliss-reactive ketones (excluding diaryl/α,β-unsaturated/α-hetero) is 1. The van der Waals surface area contributed by atoms with Crippen molar-refractivity contribution in [2.24, 2.45) is 0 Å². The molecule has 0 aliphatic rings. The highest BCUT2D eigenvalue weighted by Crippen LogP contribution is 2.25. The zero-order valence-electron chi connectivity index (χ0n) is 16.5. The lowest BCUT2D eigenvalue weighted by molar-refractivity contribution is -0.141. The third-order valence-corrected chi connectivity index (χ3v) is 4.78. The van der Waals surface area contributed by atoms with Crippen molar-refractivity contribution < 1.29 is 27.5 Å². The van der Waals surface area contributed by atoms with E-state index in [0.717, 1.165) is 10.1 Å². The van der Waals surface area contributed by atoms with Gasteiger partial charge >= 0.3 is 12.1 Å². The predicted octanol–water partition coefficient (Wildman–Crippen LogP) is 5.37. The van der Waals surface area contributed by atoms with Gasteiger partial charge in [0, 0.05) is 17.0 Å². The lowest BCUT2D eigenvalue weighted by Gasteiger charge is -2.12.